The molecule has 2 N–H and O–H groups in total. The first-order valence-corrected chi connectivity index (χ1v) is 9.34. The van der Waals surface area contributed by atoms with E-state index in [0.717, 1.165) is 37.0 Å². The molecule has 0 aromatic heterocycles. The topological polar surface area (TPSA) is 30.5 Å². The van der Waals surface area contributed by atoms with Gasteiger partial charge >= 0.3 is 0 Å². The van der Waals surface area contributed by atoms with E-state index in [1.165, 1.54) is 16.8 Å². The number of fused-ring (bicyclic) bond motifs is 1. The third kappa shape index (κ3) is 3.83. The van der Waals surface area contributed by atoms with Crippen LogP contribution in [0.15, 0.2) is 67.5 Å². The van der Waals surface area contributed by atoms with Gasteiger partial charge in [0.15, 0.2) is 5.11 Å². The predicted molar refractivity (Wildman–Crippen MR) is 115 cm³/mol. The van der Waals surface area contributed by atoms with Crippen LogP contribution in [0.1, 0.15) is 12.5 Å². The van der Waals surface area contributed by atoms with Gasteiger partial charge in [0.25, 0.3) is 0 Å². The fraction of sp³-hybridized carbons (Fsp3) is 0.286. The molecule has 0 bridgehead atoms. The van der Waals surface area contributed by atoms with Crippen molar-refractivity contribution in [2.45, 2.75) is 13.0 Å². The average molecular weight is 367 g/mol. The van der Waals surface area contributed by atoms with Crippen LogP contribution in [0, 0.1) is 0 Å². The molecule has 1 saturated heterocycles. The number of rotatable bonds is 4. The summed E-state index contributed by atoms with van der Waals surface area (Å²) in [5, 5.41) is 7.52. The molecule has 136 valence electrons. The van der Waals surface area contributed by atoms with Gasteiger partial charge in [-0.05, 0) is 42.9 Å². The van der Waals surface area contributed by atoms with E-state index in [2.05, 4.69) is 58.7 Å². The van der Waals surface area contributed by atoms with Gasteiger partial charge in [0.1, 0.15) is 0 Å². The largest absolute Gasteiger partial charge is 0.380 e. The summed E-state index contributed by atoms with van der Waals surface area (Å²) in [5.41, 5.74) is 4.77. The Balaban J connectivity index is 1.61. The third-order valence-corrected chi connectivity index (χ3v) is 5.22. The smallest absolute Gasteiger partial charge is 0.173 e. The van der Waals surface area contributed by atoms with Crippen LogP contribution in [-0.2, 0) is 0 Å². The molecule has 2 heterocycles. The quantitative estimate of drug-likeness (QED) is 0.628. The van der Waals surface area contributed by atoms with Crippen molar-refractivity contribution in [1.82, 2.24) is 15.1 Å². The van der Waals surface area contributed by atoms with E-state index in [9.17, 15) is 0 Å². The van der Waals surface area contributed by atoms with E-state index >= 15 is 0 Å². The highest BCUT2D eigenvalue weighted by molar-refractivity contribution is 7.80. The zero-order valence-electron chi connectivity index (χ0n) is 15.2. The lowest BCUT2D eigenvalue weighted by atomic mass is 10.1. The van der Waals surface area contributed by atoms with Crippen LogP contribution in [0.5, 0.6) is 0 Å². The maximum Gasteiger partial charge on any atom is 0.173 e. The summed E-state index contributed by atoms with van der Waals surface area (Å²) < 4.78 is 0. The van der Waals surface area contributed by atoms with Crippen molar-refractivity contribution in [2.24, 2.45) is 0 Å². The molecule has 2 aliphatic rings. The maximum absolute atomic E-state index is 5.65. The molecule has 3 rings (SSSR count). The molecular weight excluding hydrogens is 340 g/mol. The molecule has 0 amide bonds. The molecule has 0 radical (unpaired) electrons. The number of para-hydroxylation sites is 1. The van der Waals surface area contributed by atoms with Gasteiger partial charge in [-0.25, -0.2) is 0 Å². The second-order valence-corrected chi connectivity index (χ2v) is 6.92. The van der Waals surface area contributed by atoms with Crippen molar-refractivity contribution in [3.05, 3.63) is 73.1 Å². The van der Waals surface area contributed by atoms with E-state index in [4.69, 9.17) is 12.2 Å². The van der Waals surface area contributed by atoms with Crippen molar-refractivity contribution in [3.8, 4) is 0 Å². The Labute approximate surface area is 161 Å². The molecule has 0 aliphatic carbocycles. The minimum Gasteiger partial charge on any atom is -0.380 e. The lowest BCUT2D eigenvalue weighted by molar-refractivity contribution is 0.170. The highest BCUT2D eigenvalue weighted by atomic mass is 32.1. The summed E-state index contributed by atoms with van der Waals surface area (Å²) in [5.74, 6) is 0. The van der Waals surface area contributed by atoms with Crippen molar-refractivity contribution in [1.29, 1.82) is 0 Å². The van der Waals surface area contributed by atoms with Crippen LogP contribution in [0.3, 0.4) is 0 Å². The molecule has 0 saturated carbocycles. The predicted octanol–water partition coefficient (Wildman–Crippen LogP) is 3.59. The minimum absolute atomic E-state index is 0.323. The van der Waals surface area contributed by atoms with Crippen molar-refractivity contribution >= 4 is 28.6 Å². The molecular formula is C21H26N4S. The molecule has 5 heteroatoms. The average Bonchev–Trinajstić information content (AvgIpc) is 3.07. The fourth-order valence-corrected chi connectivity index (χ4v) is 3.81. The summed E-state index contributed by atoms with van der Waals surface area (Å²) in [6.45, 7) is 13.4. The van der Waals surface area contributed by atoms with E-state index < -0.39 is 0 Å². The van der Waals surface area contributed by atoms with Crippen LogP contribution < -0.4 is 10.6 Å². The molecule has 1 aromatic rings. The van der Waals surface area contributed by atoms with Crippen molar-refractivity contribution in [2.75, 3.05) is 31.5 Å². The number of nitrogens with one attached hydrogen (secondary N) is 2. The first kappa shape index (κ1) is 18.3. The maximum atomic E-state index is 5.65. The van der Waals surface area contributed by atoms with Gasteiger partial charge in [0.2, 0.25) is 0 Å². The van der Waals surface area contributed by atoms with Gasteiger partial charge in [-0.1, -0.05) is 37.4 Å². The van der Waals surface area contributed by atoms with Gasteiger partial charge < -0.3 is 20.4 Å². The Bertz CT molecular complexity index is 765. The molecule has 1 atom stereocenters. The lowest BCUT2D eigenvalue weighted by Gasteiger charge is -2.42. The number of thiocarbonyl (C=S) groups is 1. The van der Waals surface area contributed by atoms with Crippen LogP contribution in [0.2, 0.25) is 0 Å². The number of allylic oxidation sites excluding steroid dienone is 3. The van der Waals surface area contributed by atoms with Gasteiger partial charge in [-0.2, -0.15) is 0 Å². The monoisotopic (exact) mass is 366 g/mol. The highest BCUT2D eigenvalue weighted by Crippen LogP contribution is 2.29. The number of piperazine rings is 1. The number of nitrogens with zero attached hydrogens (tertiary/aromatic N) is 2. The Morgan fingerprint density at radius 2 is 2.12 bits per heavy atom. The normalized spacial score (nSPS) is 21.2. The van der Waals surface area contributed by atoms with E-state index in [0.29, 0.717) is 6.04 Å². The van der Waals surface area contributed by atoms with Gasteiger partial charge in [-0.3, -0.25) is 0 Å². The van der Waals surface area contributed by atoms with Gasteiger partial charge in [-0.15, -0.1) is 0 Å². The highest BCUT2D eigenvalue weighted by Gasteiger charge is 2.25. The number of hydrogen-bond acceptors (Lipinski definition) is 3. The van der Waals surface area contributed by atoms with Crippen molar-refractivity contribution in [3.63, 3.8) is 0 Å². The second-order valence-electron chi connectivity index (χ2n) is 6.54. The summed E-state index contributed by atoms with van der Waals surface area (Å²) in [7, 11) is 0. The first-order chi connectivity index (χ1) is 12.6. The Kier molecular flexibility index (Phi) is 5.78. The molecule has 26 heavy (non-hydrogen) atoms. The fourth-order valence-electron chi connectivity index (χ4n) is 3.48. The van der Waals surface area contributed by atoms with E-state index in [-0.39, 0.29) is 0 Å². The zero-order valence-corrected chi connectivity index (χ0v) is 16.1. The number of hydrogen-bond donors (Lipinski definition) is 2. The summed E-state index contributed by atoms with van der Waals surface area (Å²) in [6, 6.07) is 8.67. The summed E-state index contributed by atoms with van der Waals surface area (Å²) in [6.07, 6.45) is 7.73. The van der Waals surface area contributed by atoms with Crippen LogP contribution in [-0.4, -0.2) is 47.1 Å². The molecule has 0 spiro atoms. The number of anilines is 1. The van der Waals surface area contributed by atoms with Gasteiger partial charge in [0, 0.05) is 55.4 Å². The molecule has 1 unspecified atom stereocenters. The SMILES string of the molecule is C=C/C=C(\C=C)N1CCN(C(=S)N/C=C2/CNc3ccccc32)C(C)C1. The standard InChI is InChI=1S/C21H26N4S/c1-4-8-18(5-2)24-11-12-25(16(3)15-24)21(26)23-14-17-13-22-20-10-7-6-9-19(17)20/h4-10,14,16,22H,1-2,11-13,15H2,3H3,(H,23,26)/b17-14-,18-8+. The van der Waals surface area contributed by atoms with Crippen molar-refractivity contribution < 1.29 is 0 Å². The molecule has 1 aromatic carbocycles. The van der Waals surface area contributed by atoms with Crippen LogP contribution >= 0.6 is 12.2 Å². The summed E-state index contributed by atoms with van der Waals surface area (Å²) in [4.78, 5) is 4.58. The summed E-state index contributed by atoms with van der Waals surface area (Å²) >= 11 is 5.65. The van der Waals surface area contributed by atoms with Gasteiger partial charge in [0.05, 0.1) is 0 Å². The molecule has 4 nitrogen and oxygen atoms in total. The van der Waals surface area contributed by atoms with E-state index in [1.54, 1.807) is 6.08 Å². The minimum atomic E-state index is 0.323. The van der Waals surface area contributed by atoms with E-state index in [1.807, 2.05) is 24.4 Å². The Hall–Kier alpha value is -2.53. The van der Waals surface area contributed by atoms with Crippen LogP contribution in [0.4, 0.5) is 5.69 Å². The Morgan fingerprint density at radius 1 is 1.31 bits per heavy atom. The third-order valence-electron chi connectivity index (χ3n) is 4.86. The molecule has 1 fully saturated rings. The first-order valence-electron chi connectivity index (χ1n) is 8.93. The second kappa shape index (κ2) is 8.23. The van der Waals surface area contributed by atoms with Crippen LogP contribution in [0.25, 0.3) is 5.57 Å². The Morgan fingerprint density at radius 3 is 2.85 bits per heavy atom. The zero-order chi connectivity index (χ0) is 18.5. The lowest BCUT2D eigenvalue weighted by Crippen LogP contribution is -2.55. The molecule has 2 aliphatic heterocycles. The number of benzene rings is 1.